The average Bonchev–Trinajstić information content (AvgIpc) is 2.70. The maximum atomic E-state index is 5.97. The summed E-state index contributed by atoms with van der Waals surface area (Å²) in [4.78, 5) is 10.9. The van der Waals surface area contributed by atoms with Crippen molar-refractivity contribution in [2.75, 3.05) is 18.0 Å². The Bertz CT molecular complexity index is 1100. The van der Waals surface area contributed by atoms with Gasteiger partial charge < -0.3 is 4.90 Å². The Morgan fingerprint density at radius 2 is 1.32 bits per heavy atom. The Hall–Kier alpha value is -1.69. The van der Waals surface area contributed by atoms with E-state index < -0.39 is 0 Å². The van der Waals surface area contributed by atoms with Crippen LogP contribution in [-0.4, -0.2) is 23.1 Å². The van der Waals surface area contributed by atoms with Crippen LogP contribution in [0, 0.1) is 0 Å². The van der Waals surface area contributed by atoms with Gasteiger partial charge in [-0.1, -0.05) is 43.5 Å². The minimum atomic E-state index is 0.737. The van der Waals surface area contributed by atoms with Crippen LogP contribution < -0.4 is 4.90 Å². The number of halogens is 3. The van der Waals surface area contributed by atoms with Gasteiger partial charge in [-0.3, -0.25) is 9.97 Å². The third kappa shape index (κ3) is 4.83. The highest BCUT2D eigenvalue weighted by Gasteiger charge is 2.07. The molecule has 4 rings (SSSR count). The average molecular weight is 522 g/mol. The molecule has 6 heteroatoms. The predicted octanol–water partition coefficient (Wildman–Crippen LogP) is 7.49. The van der Waals surface area contributed by atoms with E-state index in [1.165, 1.54) is 11.1 Å². The maximum Gasteiger partial charge on any atom is 0.0723 e. The number of rotatable bonds is 3. The molecule has 0 aliphatic carbocycles. The van der Waals surface area contributed by atoms with Crippen LogP contribution in [0.4, 0.5) is 5.69 Å². The Balaban J connectivity index is 0.000000167. The zero-order valence-corrected chi connectivity index (χ0v) is 19.6. The number of nitrogens with zero attached hydrogens (tertiary/aromatic N) is 3. The van der Waals surface area contributed by atoms with Crippen molar-refractivity contribution >= 4 is 71.0 Å². The number of pyridine rings is 2. The number of anilines is 1. The summed E-state index contributed by atoms with van der Waals surface area (Å²) in [6.07, 6.45) is 3.59. The Morgan fingerprint density at radius 1 is 0.786 bits per heavy atom. The number of aromatic nitrogens is 2. The zero-order chi connectivity index (χ0) is 20.1. The summed E-state index contributed by atoms with van der Waals surface area (Å²) in [7, 11) is 0. The summed E-state index contributed by atoms with van der Waals surface area (Å²) in [5, 5.41) is 2.93. The van der Waals surface area contributed by atoms with Crippen molar-refractivity contribution < 1.29 is 0 Å². The van der Waals surface area contributed by atoms with Crippen LogP contribution in [0.1, 0.15) is 13.8 Å². The molecule has 0 fully saturated rings. The van der Waals surface area contributed by atoms with Crippen LogP contribution in [0.5, 0.6) is 0 Å². The van der Waals surface area contributed by atoms with E-state index in [0.29, 0.717) is 0 Å². The second-order valence-corrected chi connectivity index (χ2v) is 8.36. The molecule has 0 bridgehead atoms. The molecule has 0 N–H and O–H groups in total. The first-order valence-electron chi connectivity index (χ1n) is 9.02. The van der Waals surface area contributed by atoms with Crippen molar-refractivity contribution in [3.8, 4) is 0 Å². The molecule has 0 unspecified atom stereocenters. The molecule has 0 aliphatic rings. The Kier molecular flexibility index (Phi) is 7.27. The highest BCUT2D eigenvalue weighted by atomic mass is 79.9. The first-order valence-corrected chi connectivity index (χ1v) is 11.0. The fourth-order valence-electron chi connectivity index (χ4n) is 3.03. The molecule has 0 aliphatic heterocycles. The van der Waals surface area contributed by atoms with E-state index in [-0.39, 0.29) is 0 Å². The van der Waals surface area contributed by atoms with Crippen molar-refractivity contribution in [2.45, 2.75) is 13.8 Å². The lowest BCUT2D eigenvalue weighted by molar-refractivity contribution is 0.870. The van der Waals surface area contributed by atoms with Gasteiger partial charge in [0.05, 0.1) is 16.1 Å². The number of fused-ring (bicyclic) bond motifs is 2. The van der Waals surface area contributed by atoms with Gasteiger partial charge in [0.15, 0.2) is 0 Å². The lowest BCUT2D eigenvalue weighted by Gasteiger charge is -2.22. The normalized spacial score (nSPS) is 10.6. The summed E-state index contributed by atoms with van der Waals surface area (Å²) in [6, 6.07) is 15.9. The van der Waals surface area contributed by atoms with Gasteiger partial charge in [-0.2, -0.15) is 0 Å². The van der Waals surface area contributed by atoms with Crippen LogP contribution >= 0.6 is 43.5 Å². The lowest BCUT2D eigenvalue weighted by atomic mass is 10.1. The van der Waals surface area contributed by atoms with E-state index in [1.807, 2.05) is 36.5 Å². The summed E-state index contributed by atoms with van der Waals surface area (Å²) >= 11 is 12.9. The minimum absolute atomic E-state index is 0.737. The quantitative estimate of drug-likeness (QED) is 0.280. The van der Waals surface area contributed by atoms with E-state index in [1.54, 1.807) is 12.3 Å². The third-order valence-corrected chi connectivity index (χ3v) is 5.75. The van der Waals surface area contributed by atoms with E-state index in [9.17, 15) is 0 Å². The fourth-order valence-corrected chi connectivity index (χ4v) is 3.96. The molecule has 0 spiro atoms. The molecule has 2 heterocycles. The first-order chi connectivity index (χ1) is 13.5. The monoisotopic (exact) mass is 519 g/mol. The van der Waals surface area contributed by atoms with Crippen LogP contribution in [0.15, 0.2) is 69.9 Å². The van der Waals surface area contributed by atoms with Gasteiger partial charge in [-0.25, -0.2) is 0 Å². The van der Waals surface area contributed by atoms with Crippen LogP contribution in [0.3, 0.4) is 0 Å². The molecule has 0 amide bonds. The molecule has 2 aromatic carbocycles. The molecule has 4 aromatic rings. The molecule has 3 nitrogen and oxygen atoms in total. The molecule has 144 valence electrons. The van der Waals surface area contributed by atoms with Gasteiger partial charge in [-0.05, 0) is 62.4 Å². The largest absolute Gasteiger partial charge is 0.371 e. The predicted molar refractivity (Wildman–Crippen MR) is 127 cm³/mol. The van der Waals surface area contributed by atoms with Gasteiger partial charge in [0, 0.05) is 50.9 Å². The topological polar surface area (TPSA) is 29.0 Å². The minimum Gasteiger partial charge on any atom is -0.371 e. The van der Waals surface area contributed by atoms with Gasteiger partial charge in [0.25, 0.3) is 0 Å². The highest BCUT2D eigenvalue weighted by Crippen LogP contribution is 2.28. The molecule has 0 radical (unpaired) electrons. The summed E-state index contributed by atoms with van der Waals surface area (Å²) in [5.41, 5.74) is 3.23. The Labute approximate surface area is 187 Å². The SMILES string of the molecule is CCN(CC)c1ccnc2ccc(Br)cc12.Clc1ccnc2ccc(Br)cc12. The second kappa shape index (κ2) is 9.68. The smallest absolute Gasteiger partial charge is 0.0723 e. The van der Waals surface area contributed by atoms with Crippen molar-refractivity contribution in [1.82, 2.24) is 9.97 Å². The van der Waals surface area contributed by atoms with Crippen molar-refractivity contribution in [2.24, 2.45) is 0 Å². The molecular weight excluding hydrogens is 502 g/mol. The van der Waals surface area contributed by atoms with Gasteiger partial charge >= 0.3 is 0 Å². The van der Waals surface area contributed by atoms with Gasteiger partial charge in [-0.15, -0.1) is 0 Å². The van der Waals surface area contributed by atoms with Crippen molar-refractivity contribution in [1.29, 1.82) is 0 Å². The van der Waals surface area contributed by atoms with E-state index >= 15 is 0 Å². The first kappa shape index (κ1) is 21.0. The van der Waals surface area contributed by atoms with Crippen LogP contribution in [0.2, 0.25) is 5.02 Å². The molecule has 0 saturated carbocycles. The Morgan fingerprint density at radius 3 is 1.93 bits per heavy atom. The number of hydrogen-bond acceptors (Lipinski definition) is 3. The second-order valence-electron chi connectivity index (χ2n) is 6.12. The van der Waals surface area contributed by atoms with E-state index in [2.05, 4.69) is 72.7 Å². The summed E-state index contributed by atoms with van der Waals surface area (Å²) in [5.74, 6) is 0. The van der Waals surface area contributed by atoms with Crippen molar-refractivity contribution in [3.05, 3.63) is 74.9 Å². The summed E-state index contributed by atoms with van der Waals surface area (Å²) in [6.45, 7) is 6.38. The van der Waals surface area contributed by atoms with Crippen molar-refractivity contribution in [3.63, 3.8) is 0 Å². The molecular formula is C22H20Br2ClN3. The van der Waals surface area contributed by atoms with E-state index in [4.69, 9.17) is 11.6 Å². The third-order valence-electron chi connectivity index (χ3n) is 4.44. The highest BCUT2D eigenvalue weighted by molar-refractivity contribution is 9.10. The molecule has 0 atom stereocenters. The van der Waals surface area contributed by atoms with Crippen LogP contribution in [0.25, 0.3) is 21.8 Å². The fraction of sp³-hybridized carbons (Fsp3) is 0.182. The number of hydrogen-bond donors (Lipinski definition) is 0. The molecule has 2 aromatic heterocycles. The van der Waals surface area contributed by atoms with Gasteiger partial charge in [0.1, 0.15) is 0 Å². The zero-order valence-electron chi connectivity index (χ0n) is 15.7. The molecule has 0 saturated heterocycles. The standard InChI is InChI=1S/C13H15BrN2.C9H5BrClN/c1-3-16(4-2)13-7-8-15-12-6-5-10(14)9-11(12)13;10-6-1-2-9-7(5-6)8(11)3-4-12-9/h5-9H,3-4H2,1-2H3;1-5H. The van der Waals surface area contributed by atoms with Crippen LogP contribution in [-0.2, 0) is 0 Å². The maximum absolute atomic E-state index is 5.97. The summed E-state index contributed by atoms with van der Waals surface area (Å²) < 4.78 is 2.12. The number of benzene rings is 2. The lowest BCUT2D eigenvalue weighted by Crippen LogP contribution is -2.22. The molecule has 28 heavy (non-hydrogen) atoms. The van der Waals surface area contributed by atoms with E-state index in [0.717, 1.165) is 43.5 Å². The van der Waals surface area contributed by atoms with Gasteiger partial charge in [0.2, 0.25) is 0 Å².